The van der Waals surface area contributed by atoms with Crippen molar-refractivity contribution in [3.8, 4) is 0 Å². The molecule has 0 aromatic carbocycles. The van der Waals surface area contributed by atoms with Crippen molar-refractivity contribution in [2.75, 3.05) is 25.0 Å². The molecule has 0 aliphatic carbocycles. The molecule has 1 aliphatic heterocycles. The van der Waals surface area contributed by atoms with Gasteiger partial charge in [0.15, 0.2) is 0 Å². The first kappa shape index (κ1) is 14.3. The molecule has 2 heterocycles. The van der Waals surface area contributed by atoms with E-state index in [1.54, 1.807) is 6.20 Å². The largest absolute Gasteiger partial charge is 0.382 e. The maximum absolute atomic E-state index is 12.0. The zero-order chi connectivity index (χ0) is 13.8. The fourth-order valence-electron chi connectivity index (χ4n) is 2.31. The second kappa shape index (κ2) is 6.39. The van der Waals surface area contributed by atoms with Crippen LogP contribution in [0.4, 0.5) is 5.69 Å². The van der Waals surface area contributed by atoms with E-state index >= 15 is 0 Å². The molecule has 0 bridgehead atoms. The highest BCUT2D eigenvalue weighted by Crippen LogP contribution is 2.18. The van der Waals surface area contributed by atoms with Gasteiger partial charge in [0, 0.05) is 6.54 Å². The molecule has 1 fully saturated rings. The van der Waals surface area contributed by atoms with Crippen LogP contribution >= 0.6 is 11.6 Å². The summed E-state index contributed by atoms with van der Waals surface area (Å²) in [6.45, 7) is 6.83. The lowest BCUT2D eigenvalue weighted by atomic mass is 10.1. The van der Waals surface area contributed by atoms with Crippen LogP contribution in [0.5, 0.6) is 0 Å². The van der Waals surface area contributed by atoms with Crippen molar-refractivity contribution in [3.63, 3.8) is 0 Å². The molecule has 19 heavy (non-hydrogen) atoms. The summed E-state index contributed by atoms with van der Waals surface area (Å²) in [4.78, 5) is 12.0. The predicted octanol–water partition coefficient (Wildman–Crippen LogP) is 1.89. The van der Waals surface area contributed by atoms with Crippen LogP contribution in [-0.2, 0) is 0 Å². The predicted molar refractivity (Wildman–Crippen MR) is 78.0 cm³/mol. The smallest absolute Gasteiger partial charge is 0.287 e. The van der Waals surface area contributed by atoms with Gasteiger partial charge >= 0.3 is 0 Å². The van der Waals surface area contributed by atoms with E-state index in [-0.39, 0.29) is 16.6 Å². The Balaban J connectivity index is 1.97. The van der Waals surface area contributed by atoms with E-state index in [1.807, 2.05) is 13.8 Å². The minimum atomic E-state index is -0.232. The van der Waals surface area contributed by atoms with Gasteiger partial charge in [-0.1, -0.05) is 11.6 Å². The van der Waals surface area contributed by atoms with E-state index in [2.05, 4.69) is 15.7 Å². The summed E-state index contributed by atoms with van der Waals surface area (Å²) in [5, 5.41) is 10.9. The van der Waals surface area contributed by atoms with Crippen molar-refractivity contribution in [2.45, 2.75) is 32.7 Å². The lowest BCUT2D eigenvalue weighted by molar-refractivity contribution is 0.503. The molecular weight excluding hydrogens is 264 g/mol. The van der Waals surface area contributed by atoms with Crippen LogP contribution in [0.3, 0.4) is 0 Å². The molecule has 2 N–H and O–H groups in total. The molecule has 6 heteroatoms. The van der Waals surface area contributed by atoms with E-state index in [1.165, 1.54) is 11.1 Å². The Morgan fingerprint density at radius 1 is 1.63 bits per heavy atom. The van der Waals surface area contributed by atoms with Crippen molar-refractivity contribution in [1.82, 2.24) is 15.1 Å². The molecule has 0 saturated carbocycles. The molecule has 106 valence electrons. The number of hydrogen-bond acceptors (Lipinski definition) is 4. The first-order valence-electron chi connectivity index (χ1n) is 6.81. The first-order chi connectivity index (χ1) is 9.09. The third-order valence-electron chi connectivity index (χ3n) is 3.46. The maximum atomic E-state index is 12.0. The van der Waals surface area contributed by atoms with Crippen molar-refractivity contribution in [3.05, 3.63) is 21.6 Å². The van der Waals surface area contributed by atoms with Gasteiger partial charge in [-0.15, -0.1) is 0 Å². The Labute approximate surface area is 118 Å². The van der Waals surface area contributed by atoms with Crippen LogP contribution in [0.1, 0.15) is 32.7 Å². The van der Waals surface area contributed by atoms with Gasteiger partial charge in [-0.05, 0) is 45.7 Å². The van der Waals surface area contributed by atoms with E-state index < -0.39 is 0 Å². The summed E-state index contributed by atoms with van der Waals surface area (Å²) in [7, 11) is 0. The van der Waals surface area contributed by atoms with Crippen LogP contribution in [0, 0.1) is 5.92 Å². The molecule has 0 spiro atoms. The van der Waals surface area contributed by atoms with Gasteiger partial charge in [0.2, 0.25) is 0 Å². The number of nitrogens with zero attached hydrogens (tertiary/aromatic N) is 2. The normalized spacial score (nSPS) is 19.1. The molecule has 2 rings (SSSR count). The highest BCUT2D eigenvalue weighted by molar-refractivity contribution is 6.32. The fourth-order valence-corrected chi connectivity index (χ4v) is 2.51. The Morgan fingerprint density at radius 3 is 3.05 bits per heavy atom. The van der Waals surface area contributed by atoms with Crippen molar-refractivity contribution < 1.29 is 0 Å². The van der Waals surface area contributed by atoms with E-state index in [0.29, 0.717) is 5.69 Å². The number of anilines is 1. The Kier molecular flexibility index (Phi) is 4.82. The third-order valence-corrected chi connectivity index (χ3v) is 3.83. The molecule has 1 aromatic rings. The van der Waals surface area contributed by atoms with Gasteiger partial charge in [-0.3, -0.25) is 4.79 Å². The molecule has 1 aliphatic rings. The van der Waals surface area contributed by atoms with E-state index in [4.69, 9.17) is 11.6 Å². The van der Waals surface area contributed by atoms with Crippen molar-refractivity contribution in [2.24, 2.45) is 5.92 Å². The Morgan fingerprint density at radius 2 is 2.42 bits per heavy atom. The van der Waals surface area contributed by atoms with Gasteiger partial charge in [-0.25, -0.2) is 4.68 Å². The van der Waals surface area contributed by atoms with Gasteiger partial charge in [0.1, 0.15) is 5.02 Å². The number of aromatic nitrogens is 2. The minimum Gasteiger partial charge on any atom is -0.382 e. The molecule has 1 saturated heterocycles. The highest BCUT2D eigenvalue weighted by atomic mass is 35.5. The molecular formula is C13H21ClN4O. The Hall–Kier alpha value is -1.07. The van der Waals surface area contributed by atoms with Crippen LogP contribution in [-0.4, -0.2) is 29.4 Å². The monoisotopic (exact) mass is 284 g/mol. The molecule has 5 nitrogen and oxygen atoms in total. The molecule has 0 radical (unpaired) electrons. The van der Waals surface area contributed by atoms with E-state index in [0.717, 1.165) is 32.0 Å². The van der Waals surface area contributed by atoms with Crippen LogP contribution < -0.4 is 16.2 Å². The quantitative estimate of drug-likeness (QED) is 0.867. The average Bonchev–Trinajstić information content (AvgIpc) is 2.87. The number of rotatable bonds is 5. The third kappa shape index (κ3) is 3.48. The van der Waals surface area contributed by atoms with Gasteiger partial charge in [0.05, 0.1) is 17.9 Å². The topological polar surface area (TPSA) is 59.0 Å². The summed E-state index contributed by atoms with van der Waals surface area (Å²) < 4.78 is 1.40. The molecule has 1 unspecified atom stereocenters. The minimum absolute atomic E-state index is 0.0172. The lowest BCUT2D eigenvalue weighted by Gasteiger charge is -2.13. The second-order valence-electron chi connectivity index (χ2n) is 5.29. The zero-order valence-corrected chi connectivity index (χ0v) is 12.2. The summed E-state index contributed by atoms with van der Waals surface area (Å²) in [6.07, 6.45) is 3.94. The van der Waals surface area contributed by atoms with Crippen molar-refractivity contribution >= 4 is 17.3 Å². The average molecular weight is 285 g/mol. The summed E-state index contributed by atoms with van der Waals surface area (Å²) in [5.41, 5.74) is 0.402. The Bertz CT molecular complexity index is 480. The van der Waals surface area contributed by atoms with Gasteiger partial charge < -0.3 is 10.6 Å². The first-order valence-corrected chi connectivity index (χ1v) is 7.19. The van der Waals surface area contributed by atoms with Gasteiger partial charge in [-0.2, -0.15) is 5.10 Å². The summed E-state index contributed by atoms with van der Waals surface area (Å²) in [5.74, 6) is 0.718. The highest BCUT2D eigenvalue weighted by Gasteiger charge is 2.15. The summed E-state index contributed by atoms with van der Waals surface area (Å²) >= 11 is 6.09. The lowest BCUT2D eigenvalue weighted by Crippen LogP contribution is -2.26. The standard InChI is InChI=1S/C13H21ClN4O/c1-9(2)18-13(19)12(14)11(8-17-18)16-6-4-10-3-5-15-7-10/h8-10,15-16H,3-7H2,1-2H3. The van der Waals surface area contributed by atoms with Crippen LogP contribution in [0.2, 0.25) is 5.02 Å². The van der Waals surface area contributed by atoms with E-state index in [9.17, 15) is 4.79 Å². The molecule has 0 amide bonds. The number of hydrogen-bond donors (Lipinski definition) is 2. The summed E-state index contributed by atoms with van der Waals surface area (Å²) in [6, 6.07) is 0.0172. The fraction of sp³-hybridized carbons (Fsp3) is 0.692. The van der Waals surface area contributed by atoms with Crippen molar-refractivity contribution in [1.29, 1.82) is 0 Å². The second-order valence-corrected chi connectivity index (χ2v) is 5.67. The zero-order valence-electron chi connectivity index (χ0n) is 11.4. The van der Waals surface area contributed by atoms with Crippen LogP contribution in [0.15, 0.2) is 11.0 Å². The SMILES string of the molecule is CC(C)n1ncc(NCCC2CCNC2)c(Cl)c1=O. The molecule has 1 aromatic heterocycles. The number of halogens is 1. The maximum Gasteiger partial charge on any atom is 0.287 e. The number of nitrogens with one attached hydrogen (secondary N) is 2. The molecule has 1 atom stereocenters. The van der Waals surface area contributed by atoms with Crippen LogP contribution in [0.25, 0.3) is 0 Å². The van der Waals surface area contributed by atoms with Gasteiger partial charge in [0.25, 0.3) is 5.56 Å².